The molecule has 146 valence electrons. The number of nitrogens with one attached hydrogen (secondary N) is 1. The number of sulfonamides is 1. The van der Waals surface area contributed by atoms with E-state index in [4.69, 9.17) is 4.42 Å². The molecule has 0 amide bonds. The first-order valence-electron chi connectivity index (χ1n) is 8.68. The summed E-state index contributed by atoms with van der Waals surface area (Å²) in [5, 5.41) is 0. The van der Waals surface area contributed by atoms with Crippen LogP contribution < -0.4 is 4.72 Å². The Bertz CT molecular complexity index is 1130. The Labute approximate surface area is 161 Å². The molecule has 0 bridgehead atoms. The van der Waals surface area contributed by atoms with Crippen LogP contribution in [0.4, 0.5) is 8.78 Å². The second-order valence-corrected chi connectivity index (χ2v) is 9.12. The zero-order chi connectivity index (χ0) is 20.1. The molecule has 3 aromatic rings. The number of hydrogen-bond acceptors (Lipinski definition) is 4. The van der Waals surface area contributed by atoms with Crippen LogP contribution in [0.2, 0.25) is 0 Å². The number of oxazole rings is 1. The third kappa shape index (κ3) is 3.22. The molecule has 0 spiro atoms. The van der Waals surface area contributed by atoms with Gasteiger partial charge >= 0.3 is 0 Å². The third-order valence-corrected chi connectivity index (χ3v) is 6.62. The minimum absolute atomic E-state index is 0.122. The smallest absolute Gasteiger partial charge is 0.240 e. The quantitative estimate of drug-likeness (QED) is 0.695. The third-order valence-electron chi connectivity index (χ3n) is 5.16. The summed E-state index contributed by atoms with van der Waals surface area (Å²) in [4.78, 5) is 4.50. The number of nitrogens with zero attached hydrogens (tertiary/aromatic N) is 1. The molecule has 0 saturated heterocycles. The predicted octanol–water partition coefficient (Wildman–Crippen LogP) is 4.09. The molecule has 1 saturated carbocycles. The van der Waals surface area contributed by atoms with Gasteiger partial charge in [-0.15, -0.1) is 0 Å². The van der Waals surface area contributed by atoms with E-state index in [2.05, 4.69) is 9.71 Å². The lowest BCUT2D eigenvalue weighted by Gasteiger charge is -2.07. The van der Waals surface area contributed by atoms with E-state index in [0.717, 1.165) is 12.1 Å². The minimum Gasteiger partial charge on any atom is -0.448 e. The molecule has 2 atom stereocenters. The van der Waals surface area contributed by atoms with Gasteiger partial charge in [0.15, 0.2) is 5.89 Å². The molecule has 1 heterocycles. The van der Waals surface area contributed by atoms with Crippen molar-refractivity contribution >= 4 is 10.0 Å². The molecule has 0 aliphatic heterocycles. The van der Waals surface area contributed by atoms with Crippen molar-refractivity contribution < 1.29 is 21.6 Å². The number of aromatic nitrogens is 1. The van der Waals surface area contributed by atoms with Crippen molar-refractivity contribution in [3.8, 4) is 11.3 Å². The highest BCUT2D eigenvalue weighted by atomic mass is 32.2. The van der Waals surface area contributed by atoms with Crippen LogP contribution in [0.5, 0.6) is 0 Å². The van der Waals surface area contributed by atoms with Gasteiger partial charge in [0.1, 0.15) is 23.6 Å². The first-order chi connectivity index (χ1) is 13.2. The van der Waals surface area contributed by atoms with Gasteiger partial charge in [-0.3, -0.25) is 0 Å². The fourth-order valence-corrected chi connectivity index (χ4v) is 4.83. The van der Waals surface area contributed by atoms with Crippen molar-refractivity contribution in [1.82, 2.24) is 9.71 Å². The van der Waals surface area contributed by atoms with Crippen molar-refractivity contribution in [3.05, 3.63) is 72.3 Å². The highest BCUT2D eigenvalue weighted by Crippen LogP contribution is 2.59. The van der Waals surface area contributed by atoms with Gasteiger partial charge in [-0.05, 0) is 29.7 Å². The van der Waals surface area contributed by atoms with Crippen LogP contribution in [0.15, 0.2) is 64.1 Å². The number of benzene rings is 2. The maximum Gasteiger partial charge on any atom is 0.240 e. The number of rotatable bonds is 5. The molecule has 1 N–H and O–H groups in total. The van der Waals surface area contributed by atoms with Gasteiger partial charge < -0.3 is 4.42 Å². The Balaban J connectivity index is 1.58. The maximum absolute atomic E-state index is 14.0. The number of halogens is 2. The van der Waals surface area contributed by atoms with Gasteiger partial charge in [-0.2, -0.15) is 0 Å². The monoisotopic (exact) mass is 404 g/mol. The molecule has 4 rings (SSSR count). The van der Waals surface area contributed by atoms with Crippen LogP contribution in [0.1, 0.15) is 25.7 Å². The maximum atomic E-state index is 14.0. The molecule has 1 aliphatic carbocycles. The van der Waals surface area contributed by atoms with E-state index in [1.54, 1.807) is 18.2 Å². The lowest BCUT2D eigenvalue weighted by Crippen LogP contribution is -2.29. The van der Waals surface area contributed by atoms with Gasteiger partial charge in [-0.25, -0.2) is 26.9 Å². The fourth-order valence-electron chi connectivity index (χ4n) is 3.40. The number of hydrogen-bond donors (Lipinski definition) is 1. The second kappa shape index (κ2) is 6.49. The average molecular weight is 404 g/mol. The summed E-state index contributed by atoms with van der Waals surface area (Å²) in [6.07, 6.45) is 1.29. The standard InChI is InChI=1S/C20H18F2N2O3S/c1-20(2)17(18(20)24-28(25,26)13-6-4-3-5-7-13)19-23-16(11-27-19)14-9-8-12(21)10-15(14)22/h3-11,17-18,24H,1-2H3/t17-,18-/m1/s1. The molecule has 28 heavy (non-hydrogen) atoms. The van der Waals surface area contributed by atoms with Gasteiger partial charge in [0, 0.05) is 17.7 Å². The Hall–Kier alpha value is -2.58. The van der Waals surface area contributed by atoms with Crippen LogP contribution in [-0.4, -0.2) is 19.4 Å². The molecule has 0 unspecified atom stereocenters. The van der Waals surface area contributed by atoms with Crippen LogP contribution in [0.25, 0.3) is 11.3 Å². The van der Waals surface area contributed by atoms with Crippen LogP contribution in [0, 0.1) is 17.0 Å². The average Bonchev–Trinajstić information content (AvgIpc) is 2.96. The van der Waals surface area contributed by atoms with Gasteiger partial charge in [0.25, 0.3) is 0 Å². The molecular formula is C20H18F2N2O3S. The molecule has 1 aromatic heterocycles. The Morgan fingerprint density at radius 3 is 2.50 bits per heavy atom. The van der Waals surface area contributed by atoms with E-state index in [1.165, 1.54) is 24.5 Å². The normalized spacial score (nSPS) is 20.9. The lowest BCUT2D eigenvalue weighted by atomic mass is 10.1. The van der Waals surface area contributed by atoms with Crippen molar-refractivity contribution in [1.29, 1.82) is 0 Å². The SMILES string of the molecule is CC1(C)[C@H](NS(=O)(=O)c2ccccc2)[C@@H]1c1nc(-c2ccc(F)cc2F)co1. The topological polar surface area (TPSA) is 72.2 Å². The van der Waals surface area contributed by atoms with E-state index in [-0.39, 0.29) is 22.1 Å². The highest BCUT2D eigenvalue weighted by Gasteiger charge is 2.62. The predicted molar refractivity (Wildman–Crippen MR) is 98.9 cm³/mol. The van der Waals surface area contributed by atoms with Gasteiger partial charge in [0.2, 0.25) is 10.0 Å². The summed E-state index contributed by atoms with van der Waals surface area (Å²) in [7, 11) is -3.69. The van der Waals surface area contributed by atoms with Crippen LogP contribution in [-0.2, 0) is 10.0 Å². The van der Waals surface area contributed by atoms with E-state index in [1.807, 2.05) is 13.8 Å². The lowest BCUT2D eigenvalue weighted by molar-refractivity contribution is 0.467. The molecular weight excluding hydrogens is 386 g/mol. The molecule has 2 aromatic carbocycles. The molecule has 1 fully saturated rings. The Morgan fingerprint density at radius 1 is 1.11 bits per heavy atom. The largest absolute Gasteiger partial charge is 0.448 e. The van der Waals surface area contributed by atoms with Gasteiger partial charge in [0.05, 0.1) is 10.8 Å². The van der Waals surface area contributed by atoms with Crippen molar-refractivity contribution in [3.63, 3.8) is 0 Å². The summed E-state index contributed by atoms with van der Waals surface area (Å²) in [6.45, 7) is 3.80. The van der Waals surface area contributed by atoms with Crippen LogP contribution in [0.3, 0.4) is 0 Å². The minimum atomic E-state index is -3.69. The van der Waals surface area contributed by atoms with Gasteiger partial charge in [-0.1, -0.05) is 32.0 Å². The molecule has 1 aliphatic rings. The highest BCUT2D eigenvalue weighted by molar-refractivity contribution is 7.89. The van der Waals surface area contributed by atoms with E-state index in [9.17, 15) is 17.2 Å². The summed E-state index contributed by atoms with van der Waals surface area (Å²) >= 11 is 0. The molecule has 0 radical (unpaired) electrons. The Kier molecular flexibility index (Phi) is 4.35. The summed E-state index contributed by atoms with van der Waals surface area (Å²) in [6, 6.07) is 10.9. The fraction of sp³-hybridized carbons (Fsp3) is 0.250. The Morgan fingerprint density at radius 2 is 1.82 bits per heavy atom. The van der Waals surface area contributed by atoms with Crippen molar-refractivity contribution in [2.24, 2.45) is 5.41 Å². The summed E-state index contributed by atoms with van der Waals surface area (Å²) < 4.78 is 60.5. The first kappa shape index (κ1) is 18.8. The van der Waals surface area contributed by atoms with E-state index >= 15 is 0 Å². The van der Waals surface area contributed by atoms with Crippen LogP contribution >= 0.6 is 0 Å². The zero-order valence-electron chi connectivity index (χ0n) is 15.2. The molecule has 8 heteroatoms. The summed E-state index contributed by atoms with van der Waals surface area (Å²) in [5.41, 5.74) is -0.0677. The zero-order valence-corrected chi connectivity index (χ0v) is 16.0. The molecule has 5 nitrogen and oxygen atoms in total. The van der Waals surface area contributed by atoms with E-state index < -0.39 is 33.1 Å². The van der Waals surface area contributed by atoms with E-state index in [0.29, 0.717) is 5.89 Å². The summed E-state index contributed by atoms with van der Waals surface area (Å²) in [5.74, 6) is -1.41. The second-order valence-electron chi connectivity index (χ2n) is 7.41. The van der Waals surface area contributed by atoms with Crippen molar-refractivity contribution in [2.75, 3.05) is 0 Å². The first-order valence-corrected chi connectivity index (χ1v) is 10.2. The van der Waals surface area contributed by atoms with Crippen molar-refractivity contribution in [2.45, 2.75) is 30.7 Å².